The van der Waals surface area contributed by atoms with Crippen LogP contribution in [0.4, 0.5) is 10.5 Å². The number of nitrogens with one attached hydrogen (secondary N) is 1. The van der Waals surface area contributed by atoms with Crippen molar-refractivity contribution >= 4 is 11.7 Å². The number of phenolic OH excluding ortho intramolecular Hbond substituents is 1. The number of piperidine rings is 1. The van der Waals surface area contributed by atoms with Gasteiger partial charge in [-0.3, -0.25) is 0 Å². The van der Waals surface area contributed by atoms with Crippen molar-refractivity contribution in [2.75, 3.05) is 32.5 Å². The minimum Gasteiger partial charge on any atom is -0.508 e. The number of carbonyl (C=O) groups excluding carboxylic acids is 1. The molecule has 1 aromatic rings. The Morgan fingerprint density at radius 3 is 2.55 bits per heavy atom. The molecule has 5 heteroatoms. The molecule has 1 aliphatic rings. The predicted octanol–water partition coefficient (Wildman–Crippen LogP) is 2.26. The fourth-order valence-electron chi connectivity index (χ4n) is 2.48. The first-order valence-corrected chi connectivity index (χ1v) is 7.00. The van der Waals surface area contributed by atoms with Gasteiger partial charge in [0, 0.05) is 38.9 Å². The number of amides is 2. The second-order valence-corrected chi connectivity index (χ2v) is 5.58. The average Bonchev–Trinajstić information content (AvgIpc) is 2.43. The van der Waals surface area contributed by atoms with Gasteiger partial charge in [-0.05, 0) is 43.5 Å². The van der Waals surface area contributed by atoms with Gasteiger partial charge in [0.2, 0.25) is 0 Å². The number of nitrogens with zero attached hydrogens (tertiary/aromatic N) is 2. The molecular weight excluding hydrogens is 254 g/mol. The molecule has 2 N–H and O–H groups in total. The Kier molecular flexibility index (Phi) is 4.37. The summed E-state index contributed by atoms with van der Waals surface area (Å²) in [7, 11) is 3.57. The summed E-state index contributed by atoms with van der Waals surface area (Å²) in [5.41, 5.74) is 1.90. The molecule has 0 spiro atoms. The maximum atomic E-state index is 11.8. The molecule has 0 bridgehead atoms. The Labute approximate surface area is 120 Å². The number of phenols is 1. The second-order valence-electron chi connectivity index (χ2n) is 5.58. The minimum absolute atomic E-state index is 0.0870. The molecule has 110 valence electrons. The molecule has 1 saturated heterocycles. The zero-order valence-corrected chi connectivity index (χ0v) is 12.4. The number of anilines is 1. The third-order valence-corrected chi connectivity index (χ3v) is 3.72. The van der Waals surface area contributed by atoms with Gasteiger partial charge in [-0.2, -0.15) is 0 Å². The Bertz CT molecular complexity index is 480. The van der Waals surface area contributed by atoms with Crippen LogP contribution >= 0.6 is 0 Å². The van der Waals surface area contributed by atoms with E-state index in [1.54, 1.807) is 25.1 Å². The second kappa shape index (κ2) is 6.03. The molecular formula is C15H23N3O2. The largest absolute Gasteiger partial charge is 0.508 e. The van der Waals surface area contributed by atoms with E-state index in [0.717, 1.165) is 37.2 Å². The number of aryl methyl sites for hydroxylation is 1. The van der Waals surface area contributed by atoms with Crippen molar-refractivity contribution < 1.29 is 9.90 Å². The number of carbonyl (C=O) groups is 1. The lowest BCUT2D eigenvalue weighted by Gasteiger charge is -2.34. The molecule has 0 unspecified atom stereocenters. The monoisotopic (exact) mass is 277 g/mol. The van der Waals surface area contributed by atoms with Gasteiger partial charge < -0.3 is 20.2 Å². The zero-order valence-electron chi connectivity index (χ0n) is 12.4. The number of benzene rings is 1. The summed E-state index contributed by atoms with van der Waals surface area (Å²) in [5, 5.41) is 13.0. The summed E-state index contributed by atoms with van der Waals surface area (Å²) in [6, 6.07) is 6.02. The van der Waals surface area contributed by atoms with Crippen molar-refractivity contribution in [2.45, 2.75) is 25.8 Å². The number of likely N-dealkylation sites (tertiary alicyclic amines) is 1. The maximum absolute atomic E-state index is 11.8. The molecule has 2 rings (SSSR count). The molecule has 20 heavy (non-hydrogen) atoms. The summed E-state index contributed by atoms with van der Waals surface area (Å²) in [6.07, 6.45) is 1.89. The highest BCUT2D eigenvalue weighted by Crippen LogP contribution is 2.22. The van der Waals surface area contributed by atoms with Gasteiger partial charge in [0.1, 0.15) is 5.75 Å². The molecule has 1 aromatic carbocycles. The van der Waals surface area contributed by atoms with Gasteiger partial charge in [0.25, 0.3) is 0 Å². The highest BCUT2D eigenvalue weighted by Gasteiger charge is 2.23. The van der Waals surface area contributed by atoms with E-state index in [-0.39, 0.29) is 6.03 Å². The van der Waals surface area contributed by atoms with Gasteiger partial charge in [0.15, 0.2) is 0 Å². The summed E-state index contributed by atoms with van der Waals surface area (Å²) >= 11 is 0. The van der Waals surface area contributed by atoms with Crippen molar-refractivity contribution in [3.63, 3.8) is 0 Å². The van der Waals surface area contributed by atoms with E-state index in [1.807, 2.05) is 24.0 Å². The van der Waals surface area contributed by atoms with Crippen LogP contribution in [0.15, 0.2) is 18.2 Å². The first kappa shape index (κ1) is 14.5. The van der Waals surface area contributed by atoms with Crippen LogP contribution in [0.5, 0.6) is 5.75 Å². The van der Waals surface area contributed by atoms with Crippen molar-refractivity contribution in [1.29, 1.82) is 0 Å². The Balaban J connectivity index is 1.88. The summed E-state index contributed by atoms with van der Waals surface area (Å²) in [4.78, 5) is 15.4. The van der Waals surface area contributed by atoms with E-state index in [1.165, 1.54) is 0 Å². The van der Waals surface area contributed by atoms with Gasteiger partial charge in [-0.25, -0.2) is 4.79 Å². The average molecular weight is 277 g/mol. The van der Waals surface area contributed by atoms with Crippen LogP contribution < -0.4 is 5.32 Å². The summed E-state index contributed by atoms with van der Waals surface area (Å²) < 4.78 is 0. The number of rotatable bonds is 2. The third kappa shape index (κ3) is 3.35. The molecule has 5 nitrogen and oxygen atoms in total. The quantitative estimate of drug-likeness (QED) is 0.815. The standard InChI is InChI=1S/C15H23N3O2/c1-11-10-13(4-5-14(11)19)16-12-6-8-18(9-7-12)15(20)17(2)3/h4-5,10,12,16,19H,6-9H2,1-3H3. The Hall–Kier alpha value is -1.91. The molecule has 1 aliphatic heterocycles. The van der Waals surface area contributed by atoms with Crippen LogP contribution in [0.3, 0.4) is 0 Å². The van der Waals surface area contributed by atoms with Crippen LogP contribution in [0.2, 0.25) is 0 Å². The maximum Gasteiger partial charge on any atom is 0.319 e. The first-order chi connectivity index (χ1) is 9.47. The topological polar surface area (TPSA) is 55.8 Å². The molecule has 0 aliphatic carbocycles. The van der Waals surface area contributed by atoms with Gasteiger partial charge in [-0.1, -0.05) is 0 Å². The zero-order chi connectivity index (χ0) is 14.7. The van der Waals surface area contributed by atoms with Gasteiger partial charge in [-0.15, -0.1) is 0 Å². The van der Waals surface area contributed by atoms with Crippen LogP contribution in [-0.2, 0) is 0 Å². The molecule has 1 fully saturated rings. The lowest BCUT2D eigenvalue weighted by molar-refractivity contribution is 0.158. The predicted molar refractivity (Wildman–Crippen MR) is 80.1 cm³/mol. The lowest BCUT2D eigenvalue weighted by Crippen LogP contribution is -2.46. The third-order valence-electron chi connectivity index (χ3n) is 3.72. The fourth-order valence-corrected chi connectivity index (χ4v) is 2.48. The van der Waals surface area contributed by atoms with Crippen molar-refractivity contribution in [3.05, 3.63) is 23.8 Å². The molecule has 0 radical (unpaired) electrons. The molecule has 0 atom stereocenters. The van der Waals surface area contributed by atoms with Crippen LogP contribution in [0.25, 0.3) is 0 Å². The van der Waals surface area contributed by atoms with Crippen LogP contribution in [0, 0.1) is 6.92 Å². The number of aromatic hydroxyl groups is 1. The van der Waals surface area contributed by atoms with E-state index in [2.05, 4.69) is 5.32 Å². The van der Waals surface area contributed by atoms with E-state index >= 15 is 0 Å². The number of hydrogen-bond donors (Lipinski definition) is 2. The Morgan fingerprint density at radius 2 is 2.00 bits per heavy atom. The van der Waals surface area contributed by atoms with E-state index < -0.39 is 0 Å². The smallest absolute Gasteiger partial charge is 0.319 e. The highest BCUT2D eigenvalue weighted by molar-refractivity contribution is 5.73. The molecule has 1 heterocycles. The number of urea groups is 1. The van der Waals surface area contributed by atoms with Crippen molar-refractivity contribution in [3.8, 4) is 5.75 Å². The summed E-state index contributed by atoms with van der Waals surface area (Å²) in [6.45, 7) is 3.45. The molecule has 0 aromatic heterocycles. The summed E-state index contributed by atoms with van der Waals surface area (Å²) in [5.74, 6) is 0.321. The SMILES string of the molecule is Cc1cc(NC2CCN(C(=O)N(C)C)CC2)ccc1O. The van der Waals surface area contributed by atoms with Crippen molar-refractivity contribution in [2.24, 2.45) is 0 Å². The number of hydrogen-bond acceptors (Lipinski definition) is 3. The van der Waals surface area contributed by atoms with E-state index in [4.69, 9.17) is 0 Å². The van der Waals surface area contributed by atoms with E-state index in [9.17, 15) is 9.90 Å². The normalized spacial score (nSPS) is 16.1. The minimum atomic E-state index is 0.0870. The van der Waals surface area contributed by atoms with Crippen LogP contribution in [-0.4, -0.2) is 54.2 Å². The Morgan fingerprint density at radius 1 is 1.35 bits per heavy atom. The first-order valence-electron chi connectivity index (χ1n) is 7.00. The van der Waals surface area contributed by atoms with Crippen LogP contribution in [0.1, 0.15) is 18.4 Å². The molecule has 2 amide bonds. The van der Waals surface area contributed by atoms with E-state index in [0.29, 0.717) is 11.8 Å². The lowest BCUT2D eigenvalue weighted by atomic mass is 10.0. The van der Waals surface area contributed by atoms with Crippen molar-refractivity contribution in [1.82, 2.24) is 9.80 Å². The fraction of sp³-hybridized carbons (Fsp3) is 0.533. The van der Waals surface area contributed by atoms with Gasteiger partial charge >= 0.3 is 6.03 Å². The highest BCUT2D eigenvalue weighted by atomic mass is 16.3. The molecule has 0 saturated carbocycles. The van der Waals surface area contributed by atoms with Gasteiger partial charge in [0.05, 0.1) is 0 Å².